The van der Waals surface area contributed by atoms with Crippen molar-refractivity contribution in [1.29, 1.82) is 0 Å². The number of hydrogen-bond donors (Lipinski definition) is 3. The van der Waals surface area contributed by atoms with Gasteiger partial charge in [0.25, 0.3) is 0 Å². The Hall–Kier alpha value is -1.84. The van der Waals surface area contributed by atoms with Gasteiger partial charge in [0.05, 0.1) is 32.8 Å². The van der Waals surface area contributed by atoms with Crippen molar-refractivity contribution >= 4 is 12.1 Å². The molecule has 0 atom stereocenters. The van der Waals surface area contributed by atoms with E-state index in [2.05, 4.69) is 22.1 Å². The Morgan fingerprint density at radius 1 is 0.964 bits per heavy atom. The van der Waals surface area contributed by atoms with Crippen molar-refractivity contribution in [3.8, 4) is 0 Å². The van der Waals surface area contributed by atoms with Gasteiger partial charge in [-0.1, -0.05) is 6.58 Å². The van der Waals surface area contributed by atoms with Crippen molar-refractivity contribution in [1.82, 2.24) is 15.5 Å². The van der Waals surface area contributed by atoms with Gasteiger partial charge in [-0.3, -0.25) is 4.79 Å². The number of nitrogens with one attached hydrogen (secondary N) is 2. The third kappa shape index (κ3) is 18.9. The van der Waals surface area contributed by atoms with Gasteiger partial charge < -0.3 is 34.9 Å². The number of alkyl carbamates (subject to hydrolysis) is 1. The van der Waals surface area contributed by atoms with Crippen molar-refractivity contribution in [2.45, 2.75) is 39.2 Å². The first-order valence-corrected chi connectivity index (χ1v) is 9.54. The van der Waals surface area contributed by atoms with Gasteiger partial charge in [0.15, 0.2) is 0 Å². The molecule has 164 valence electrons. The number of carbonyl (C=O) groups excluding carboxylic acids is 1. The highest BCUT2D eigenvalue weighted by Crippen LogP contribution is 2.06. The average molecular weight is 404 g/mol. The maximum absolute atomic E-state index is 11.6. The van der Waals surface area contributed by atoms with E-state index >= 15 is 0 Å². The summed E-state index contributed by atoms with van der Waals surface area (Å²) in [5.41, 5.74) is 0.407. The summed E-state index contributed by atoms with van der Waals surface area (Å²) in [6.45, 7) is 13.8. The van der Waals surface area contributed by atoms with E-state index in [1.807, 2.05) is 27.8 Å². The van der Waals surface area contributed by atoms with Gasteiger partial charge in [-0.25, -0.2) is 4.79 Å². The lowest BCUT2D eigenvalue weighted by molar-refractivity contribution is -0.138. The number of aliphatic carboxylic acids is 1. The fourth-order valence-corrected chi connectivity index (χ4v) is 1.96. The quantitative estimate of drug-likeness (QED) is 0.332. The highest BCUT2D eigenvalue weighted by Gasteiger charge is 2.15. The molecule has 0 heterocycles. The summed E-state index contributed by atoms with van der Waals surface area (Å²) in [5, 5.41) is 14.4. The van der Waals surface area contributed by atoms with Crippen molar-refractivity contribution in [2.75, 3.05) is 59.7 Å². The molecule has 0 aliphatic heterocycles. The molecule has 28 heavy (non-hydrogen) atoms. The molecule has 0 aliphatic rings. The topological polar surface area (TPSA) is 109 Å². The zero-order valence-corrected chi connectivity index (χ0v) is 17.7. The van der Waals surface area contributed by atoms with Gasteiger partial charge in [0.1, 0.15) is 5.60 Å². The lowest BCUT2D eigenvalue weighted by Crippen LogP contribution is -2.38. The normalized spacial score (nSPS) is 11.3. The minimum Gasteiger partial charge on any atom is -0.481 e. The van der Waals surface area contributed by atoms with Crippen molar-refractivity contribution in [3.05, 3.63) is 12.3 Å². The van der Waals surface area contributed by atoms with Crippen LogP contribution in [0.4, 0.5) is 4.79 Å². The van der Waals surface area contributed by atoms with E-state index in [4.69, 9.17) is 19.3 Å². The van der Waals surface area contributed by atoms with Crippen LogP contribution in [0.3, 0.4) is 0 Å². The van der Waals surface area contributed by atoms with Crippen LogP contribution in [0.25, 0.3) is 0 Å². The number of hydrogen-bond acceptors (Lipinski definition) is 7. The Morgan fingerprint density at radius 2 is 1.50 bits per heavy atom. The molecular weight excluding hydrogens is 366 g/mol. The van der Waals surface area contributed by atoms with Crippen molar-refractivity contribution in [2.24, 2.45) is 0 Å². The van der Waals surface area contributed by atoms with E-state index in [9.17, 15) is 9.59 Å². The molecule has 0 fully saturated rings. The summed E-state index contributed by atoms with van der Waals surface area (Å²) in [6, 6.07) is 0. The Morgan fingerprint density at radius 3 is 2.04 bits per heavy atom. The smallest absolute Gasteiger partial charge is 0.407 e. The molecule has 0 aromatic rings. The molecule has 1 amide bonds. The Bertz CT molecular complexity index is 465. The fraction of sp³-hybridized carbons (Fsp3) is 0.789. The molecular formula is C19H37N3O6. The number of carboxylic acid groups (broad SMARTS) is 1. The van der Waals surface area contributed by atoms with Crippen LogP contribution in [-0.2, 0) is 19.0 Å². The van der Waals surface area contributed by atoms with Crippen LogP contribution in [0.1, 0.15) is 33.6 Å². The van der Waals surface area contributed by atoms with Crippen LogP contribution in [-0.4, -0.2) is 87.3 Å². The van der Waals surface area contributed by atoms with E-state index in [1.54, 1.807) is 0 Å². The minimum atomic E-state index is -0.867. The Labute approximate surface area is 168 Å². The molecule has 0 rings (SSSR count). The molecule has 0 radical (unpaired) electrons. The number of amides is 1. The molecule has 3 N–H and O–H groups in total. The number of likely N-dealkylation sites (N-methyl/N-ethyl adjacent to an activating group) is 1. The number of rotatable bonds is 16. The fourth-order valence-electron chi connectivity index (χ4n) is 1.96. The minimum absolute atomic E-state index is 0.00619. The summed E-state index contributed by atoms with van der Waals surface area (Å²) in [4.78, 5) is 24.0. The molecule has 0 bridgehead atoms. The summed E-state index contributed by atoms with van der Waals surface area (Å²) in [6.07, 6.45) is 0.297. The summed E-state index contributed by atoms with van der Waals surface area (Å²) in [7, 11) is 1.98. The van der Waals surface area contributed by atoms with Crippen molar-refractivity contribution in [3.63, 3.8) is 0 Å². The van der Waals surface area contributed by atoms with E-state index in [0.29, 0.717) is 32.8 Å². The second-order valence-corrected chi connectivity index (χ2v) is 7.38. The first-order chi connectivity index (χ1) is 13.1. The van der Waals surface area contributed by atoms with Crippen LogP contribution < -0.4 is 10.6 Å². The van der Waals surface area contributed by atoms with Crippen LogP contribution in [0.2, 0.25) is 0 Å². The number of ether oxygens (including phenoxy) is 3. The lowest BCUT2D eigenvalue weighted by atomic mass is 10.2. The van der Waals surface area contributed by atoms with Crippen LogP contribution in [0.15, 0.2) is 12.3 Å². The molecule has 9 nitrogen and oxygen atoms in total. The second-order valence-electron chi connectivity index (χ2n) is 7.38. The summed E-state index contributed by atoms with van der Waals surface area (Å²) in [5.74, 6) is -0.867. The molecule has 0 spiro atoms. The molecule has 9 heteroatoms. The second kappa shape index (κ2) is 15.1. The largest absolute Gasteiger partial charge is 0.481 e. The van der Waals surface area contributed by atoms with Gasteiger partial charge in [0.2, 0.25) is 0 Å². The van der Waals surface area contributed by atoms with Gasteiger partial charge in [-0.05, 0) is 27.8 Å². The first-order valence-electron chi connectivity index (χ1n) is 9.54. The lowest BCUT2D eigenvalue weighted by Gasteiger charge is -2.21. The molecule has 0 aromatic heterocycles. The number of carboxylic acids is 1. The molecule has 0 aromatic carbocycles. The SMILES string of the molecule is C=C(CCOCCOCCC(=O)O)NCCN(C)CCNC(=O)OC(C)(C)C. The average Bonchev–Trinajstić information content (AvgIpc) is 2.55. The Balaban J connectivity index is 3.52. The zero-order valence-electron chi connectivity index (χ0n) is 17.7. The van der Waals surface area contributed by atoms with Crippen LogP contribution in [0.5, 0.6) is 0 Å². The number of nitrogens with zero attached hydrogens (tertiary/aromatic N) is 1. The monoisotopic (exact) mass is 403 g/mol. The van der Waals surface area contributed by atoms with E-state index in [1.165, 1.54) is 0 Å². The van der Waals surface area contributed by atoms with E-state index in [0.717, 1.165) is 25.3 Å². The van der Waals surface area contributed by atoms with E-state index in [-0.39, 0.29) is 13.0 Å². The molecule has 0 saturated carbocycles. The predicted octanol–water partition coefficient (Wildman–Crippen LogP) is 1.44. The Kier molecular flexibility index (Phi) is 14.1. The third-order valence-corrected chi connectivity index (χ3v) is 3.41. The predicted molar refractivity (Wildman–Crippen MR) is 107 cm³/mol. The maximum Gasteiger partial charge on any atom is 0.407 e. The van der Waals surface area contributed by atoms with Gasteiger partial charge in [-0.2, -0.15) is 0 Å². The van der Waals surface area contributed by atoms with E-state index < -0.39 is 17.7 Å². The van der Waals surface area contributed by atoms with Gasteiger partial charge in [0, 0.05) is 38.3 Å². The first kappa shape index (κ1) is 26.2. The molecule has 0 aliphatic carbocycles. The summed E-state index contributed by atoms with van der Waals surface area (Å²) < 4.78 is 15.7. The molecule has 0 unspecified atom stereocenters. The summed E-state index contributed by atoms with van der Waals surface area (Å²) >= 11 is 0. The van der Waals surface area contributed by atoms with Crippen LogP contribution >= 0.6 is 0 Å². The zero-order chi connectivity index (χ0) is 21.4. The van der Waals surface area contributed by atoms with Gasteiger partial charge >= 0.3 is 12.1 Å². The maximum atomic E-state index is 11.6. The van der Waals surface area contributed by atoms with Crippen LogP contribution in [0, 0.1) is 0 Å². The third-order valence-electron chi connectivity index (χ3n) is 3.41. The number of carbonyl (C=O) groups is 2. The van der Waals surface area contributed by atoms with Gasteiger partial charge in [-0.15, -0.1) is 0 Å². The highest BCUT2D eigenvalue weighted by atomic mass is 16.6. The molecule has 0 saturated heterocycles. The van der Waals surface area contributed by atoms with Crippen molar-refractivity contribution < 1.29 is 28.9 Å². The standard InChI is InChI=1S/C19H37N3O6/c1-16(6-12-26-14-15-27-13-7-17(23)24)20-8-10-22(5)11-9-21-18(25)28-19(2,3)4/h20H,1,6-15H2,2-5H3,(H,21,25)(H,23,24). The highest BCUT2D eigenvalue weighted by molar-refractivity contribution is 5.67.